The summed E-state index contributed by atoms with van der Waals surface area (Å²) in [6.45, 7) is 2.54. The predicted molar refractivity (Wildman–Crippen MR) is 134 cm³/mol. The molecule has 0 aliphatic rings. The molecule has 7 heteroatoms. The van der Waals surface area contributed by atoms with E-state index in [1.54, 1.807) is 24.1 Å². The van der Waals surface area contributed by atoms with E-state index in [9.17, 15) is 9.59 Å². The number of para-hydroxylation sites is 2. The van der Waals surface area contributed by atoms with Crippen LogP contribution in [0.4, 0.5) is 0 Å². The van der Waals surface area contributed by atoms with Gasteiger partial charge in [-0.15, -0.1) is 0 Å². The largest absolute Gasteiger partial charge is 0.346 e. The Labute approximate surface area is 204 Å². The first kappa shape index (κ1) is 23.5. The van der Waals surface area contributed by atoms with Gasteiger partial charge in [0.05, 0.1) is 23.5 Å². The lowest BCUT2D eigenvalue weighted by Crippen LogP contribution is -2.33. The summed E-state index contributed by atoms with van der Waals surface area (Å²) in [7, 11) is 1.80. The maximum absolute atomic E-state index is 13.1. The Balaban J connectivity index is 1.51. The average molecular weight is 475 g/mol. The van der Waals surface area contributed by atoms with Gasteiger partial charge in [-0.1, -0.05) is 66.2 Å². The molecule has 0 aliphatic carbocycles. The van der Waals surface area contributed by atoms with Gasteiger partial charge in [0, 0.05) is 18.6 Å². The maximum Gasteiger partial charge on any atom is 0.242 e. The lowest BCUT2D eigenvalue weighted by Gasteiger charge is -2.20. The van der Waals surface area contributed by atoms with E-state index in [0.29, 0.717) is 17.4 Å². The molecule has 174 valence electrons. The molecule has 0 spiro atoms. The summed E-state index contributed by atoms with van der Waals surface area (Å²) in [5, 5.41) is 3.66. The number of likely N-dealkylation sites (N-methyl/N-ethyl adjacent to an activating group) is 1. The summed E-state index contributed by atoms with van der Waals surface area (Å²) in [6.07, 6.45) is 0.237. The van der Waals surface area contributed by atoms with Gasteiger partial charge in [-0.3, -0.25) is 9.59 Å². The molecular weight excluding hydrogens is 448 g/mol. The van der Waals surface area contributed by atoms with Crippen molar-refractivity contribution in [1.29, 1.82) is 0 Å². The van der Waals surface area contributed by atoms with Crippen molar-refractivity contribution in [3.63, 3.8) is 0 Å². The molecule has 0 saturated heterocycles. The molecule has 1 N–H and O–H groups in total. The Morgan fingerprint density at radius 3 is 2.38 bits per heavy atom. The van der Waals surface area contributed by atoms with Crippen LogP contribution in [-0.2, 0) is 29.1 Å². The summed E-state index contributed by atoms with van der Waals surface area (Å²) in [4.78, 5) is 32.2. The Hall–Kier alpha value is -3.64. The minimum Gasteiger partial charge on any atom is -0.346 e. The number of hydrogen-bond acceptors (Lipinski definition) is 3. The smallest absolute Gasteiger partial charge is 0.242 e. The lowest BCUT2D eigenvalue weighted by molar-refractivity contribution is -0.131. The van der Waals surface area contributed by atoms with E-state index in [0.717, 1.165) is 22.2 Å². The first-order valence-electron chi connectivity index (χ1n) is 11.2. The van der Waals surface area contributed by atoms with Crippen LogP contribution in [0.25, 0.3) is 11.0 Å². The fourth-order valence-electron chi connectivity index (χ4n) is 3.94. The number of nitrogens with zero attached hydrogens (tertiary/aromatic N) is 3. The normalized spacial score (nSPS) is 11.9. The van der Waals surface area contributed by atoms with Crippen molar-refractivity contribution < 1.29 is 9.59 Å². The minimum atomic E-state index is -0.376. The van der Waals surface area contributed by atoms with Gasteiger partial charge in [0.25, 0.3) is 0 Å². The number of benzene rings is 3. The summed E-state index contributed by atoms with van der Waals surface area (Å²) < 4.78 is 1.90. The number of imidazole rings is 1. The van der Waals surface area contributed by atoms with Gasteiger partial charge in [0.1, 0.15) is 12.4 Å². The highest BCUT2D eigenvalue weighted by molar-refractivity contribution is 6.30. The Bertz CT molecular complexity index is 1290. The van der Waals surface area contributed by atoms with Crippen molar-refractivity contribution in [2.75, 3.05) is 7.05 Å². The number of hydrogen-bond donors (Lipinski definition) is 1. The maximum atomic E-state index is 13.1. The predicted octanol–water partition coefficient (Wildman–Crippen LogP) is 4.77. The number of nitrogens with one attached hydrogen (secondary N) is 1. The van der Waals surface area contributed by atoms with Gasteiger partial charge in [-0.2, -0.15) is 0 Å². The van der Waals surface area contributed by atoms with Crippen molar-refractivity contribution >= 4 is 34.4 Å². The minimum absolute atomic E-state index is 0.0343. The monoisotopic (exact) mass is 474 g/mol. The van der Waals surface area contributed by atoms with Crippen LogP contribution in [0.2, 0.25) is 5.02 Å². The lowest BCUT2D eigenvalue weighted by atomic mass is 10.1. The van der Waals surface area contributed by atoms with E-state index < -0.39 is 0 Å². The molecule has 1 heterocycles. The molecule has 34 heavy (non-hydrogen) atoms. The van der Waals surface area contributed by atoms with Crippen molar-refractivity contribution in [2.24, 2.45) is 0 Å². The summed E-state index contributed by atoms with van der Waals surface area (Å²) in [5.74, 6) is 0.487. The molecule has 4 rings (SSSR count). The van der Waals surface area contributed by atoms with E-state index in [-0.39, 0.29) is 30.8 Å². The van der Waals surface area contributed by atoms with Gasteiger partial charge in [0.15, 0.2) is 0 Å². The van der Waals surface area contributed by atoms with Crippen molar-refractivity contribution in [1.82, 2.24) is 19.8 Å². The van der Waals surface area contributed by atoms with Crippen molar-refractivity contribution in [3.8, 4) is 0 Å². The second kappa shape index (κ2) is 10.5. The molecule has 1 unspecified atom stereocenters. The highest BCUT2D eigenvalue weighted by atomic mass is 35.5. The van der Waals surface area contributed by atoms with E-state index in [1.807, 2.05) is 78.2 Å². The Morgan fingerprint density at radius 1 is 0.971 bits per heavy atom. The Morgan fingerprint density at radius 2 is 1.65 bits per heavy atom. The molecule has 0 bridgehead atoms. The third-order valence-electron chi connectivity index (χ3n) is 5.71. The third kappa shape index (κ3) is 5.64. The molecule has 1 atom stereocenters. The van der Waals surface area contributed by atoms with Crippen LogP contribution in [0.3, 0.4) is 0 Å². The number of rotatable bonds is 8. The SMILES string of the molecule is CC(NC(=O)Cc1ccc(Cl)cc1)c1nc2ccccc2n1CC(=O)N(C)Cc1ccccc1. The second-order valence-corrected chi connectivity index (χ2v) is 8.81. The third-order valence-corrected chi connectivity index (χ3v) is 5.96. The van der Waals surface area contributed by atoms with Gasteiger partial charge in [-0.05, 0) is 42.3 Å². The topological polar surface area (TPSA) is 67.2 Å². The van der Waals surface area contributed by atoms with Crippen molar-refractivity contribution in [2.45, 2.75) is 32.5 Å². The summed E-state index contributed by atoms with van der Waals surface area (Å²) in [5.41, 5.74) is 3.59. The van der Waals surface area contributed by atoms with E-state index >= 15 is 0 Å². The van der Waals surface area contributed by atoms with E-state index in [4.69, 9.17) is 16.6 Å². The number of amides is 2. The number of fused-ring (bicyclic) bond motifs is 1. The number of carbonyl (C=O) groups excluding carboxylic acids is 2. The number of halogens is 1. The van der Waals surface area contributed by atoms with Crippen LogP contribution >= 0.6 is 11.6 Å². The Kier molecular flexibility index (Phi) is 7.28. The van der Waals surface area contributed by atoms with Crippen LogP contribution in [0.15, 0.2) is 78.9 Å². The number of aromatic nitrogens is 2. The second-order valence-electron chi connectivity index (χ2n) is 8.37. The van der Waals surface area contributed by atoms with E-state index in [2.05, 4.69) is 5.32 Å². The van der Waals surface area contributed by atoms with E-state index in [1.165, 1.54) is 0 Å². The first-order valence-corrected chi connectivity index (χ1v) is 11.6. The number of carbonyl (C=O) groups is 2. The van der Waals surface area contributed by atoms with Gasteiger partial charge in [-0.25, -0.2) is 4.98 Å². The molecule has 0 fully saturated rings. The molecule has 3 aromatic carbocycles. The zero-order valence-corrected chi connectivity index (χ0v) is 20.0. The molecule has 0 saturated carbocycles. The highest BCUT2D eigenvalue weighted by Gasteiger charge is 2.21. The zero-order valence-electron chi connectivity index (χ0n) is 19.2. The molecular formula is C27H27ClN4O2. The van der Waals surface area contributed by atoms with Crippen LogP contribution in [0, 0.1) is 0 Å². The van der Waals surface area contributed by atoms with Gasteiger partial charge < -0.3 is 14.8 Å². The first-order chi connectivity index (χ1) is 16.4. The molecule has 0 radical (unpaired) electrons. The van der Waals surface area contributed by atoms with Crippen LogP contribution < -0.4 is 5.32 Å². The molecule has 1 aromatic heterocycles. The van der Waals surface area contributed by atoms with Crippen LogP contribution in [0.1, 0.15) is 29.9 Å². The van der Waals surface area contributed by atoms with Gasteiger partial charge >= 0.3 is 0 Å². The molecule has 2 amide bonds. The highest BCUT2D eigenvalue weighted by Crippen LogP contribution is 2.21. The fraction of sp³-hybridized carbons (Fsp3) is 0.222. The van der Waals surface area contributed by atoms with Crippen LogP contribution in [-0.4, -0.2) is 33.3 Å². The molecule has 6 nitrogen and oxygen atoms in total. The summed E-state index contributed by atoms with van der Waals surface area (Å²) in [6, 6.07) is 24.4. The standard InChI is InChI=1S/C27H27ClN4O2/c1-19(29-25(33)16-20-12-14-22(28)15-13-20)27-30-23-10-6-7-11-24(23)32(27)18-26(34)31(2)17-21-8-4-3-5-9-21/h3-15,19H,16-18H2,1-2H3,(H,29,33). The van der Waals surface area contributed by atoms with Crippen LogP contribution in [0.5, 0.6) is 0 Å². The fourth-order valence-corrected chi connectivity index (χ4v) is 4.06. The average Bonchev–Trinajstić information content (AvgIpc) is 3.19. The molecule has 4 aromatic rings. The molecule has 0 aliphatic heterocycles. The van der Waals surface area contributed by atoms with Gasteiger partial charge in [0.2, 0.25) is 11.8 Å². The quantitative estimate of drug-likeness (QED) is 0.400. The van der Waals surface area contributed by atoms with Crippen molar-refractivity contribution in [3.05, 3.63) is 101 Å². The summed E-state index contributed by atoms with van der Waals surface area (Å²) >= 11 is 5.94. The zero-order chi connectivity index (χ0) is 24.1.